The van der Waals surface area contributed by atoms with Crippen molar-refractivity contribution in [3.8, 4) is 11.8 Å². The van der Waals surface area contributed by atoms with Gasteiger partial charge in [-0.25, -0.2) is 4.79 Å². The Labute approximate surface area is 156 Å². The van der Waals surface area contributed by atoms with Gasteiger partial charge in [0.05, 0.1) is 11.8 Å². The van der Waals surface area contributed by atoms with Crippen molar-refractivity contribution >= 4 is 23.2 Å². The Morgan fingerprint density at radius 2 is 2.00 bits per heavy atom. The SMILES string of the molecule is CC(OC(=O)c1sccc1-n1cccc1)C(=O)NC1(C#N)CCCCC1. The number of nitrogens with one attached hydrogen (secondary N) is 1. The van der Waals surface area contributed by atoms with Gasteiger partial charge in [-0.05, 0) is 43.3 Å². The highest BCUT2D eigenvalue weighted by Crippen LogP contribution is 2.28. The normalized spacial score (nSPS) is 17.1. The first-order valence-electron chi connectivity index (χ1n) is 8.70. The number of ether oxygens (including phenoxy) is 1. The molecular formula is C19H21N3O3S. The van der Waals surface area contributed by atoms with Gasteiger partial charge in [-0.15, -0.1) is 11.3 Å². The van der Waals surface area contributed by atoms with Crippen molar-refractivity contribution in [3.05, 3.63) is 40.8 Å². The summed E-state index contributed by atoms with van der Waals surface area (Å²) in [4.78, 5) is 25.4. The molecule has 1 atom stereocenters. The van der Waals surface area contributed by atoms with Crippen molar-refractivity contribution in [2.75, 3.05) is 0 Å². The van der Waals surface area contributed by atoms with E-state index in [1.54, 1.807) is 0 Å². The number of amides is 1. The monoisotopic (exact) mass is 371 g/mol. The molecule has 2 heterocycles. The fraction of sp³-hybridized carbons (Fsp3) is 0.421. The number of rotatable bonds is 5. The fourth-order valence-electron chi connectivity index (χ4n) is 3.18. The molecule has 1 fully saturated rings. The number of hydrogen-bond donors (Lipinski definition) is 1. The maximum Gasteiger partial charge on any atom is 0.351 e. The molecule has 136 valence electrons. The highest BCUT2D eigenvalue weighted by molar-refractivity contribution is 7.12. The van der Waals surface area contributed by atoms with Crippen molar-refractivity contribution in [2.45, 2.75) is 50.7 Å². The van der Waals surface area contributed by atoms with Crippen LogP contribution >= 0.6 is 11.3 Å². The van der Waals surface area contributed by atoms with Crippen LogP contribution < -0.4 is 5.32 Å². The molecule has 1 N–H and O–H groups in total. The second kappa shape index (κ2) is 7.75. The number of carbonyl (C=O) groups excluding carboxylic acids is 2. The first kappa shape index (κ1) is 18.2. The molecule has 1 aliphatic rings. The molecule has 0 bridgehead atoms. The van der Waals surface area contributed by atoms with Crippen LogP contribution in [-0.4, -0.2) is 28.1 Å². The molecule has 1 amide bonds. The summed E-state index contributed by atoms with van der Waals surface area (Å²) >= 11 is 1.27. The third-order valence-electron chi connectivity index (χ3n) is 4.65. The summed E-state index contributed by atoms with van der Waals surface area (Å²) in [5.74, 6) is -0.970. The van der Waals surface area contributed by atoms with E-state index in [2.05, 4.69) is 11.4 Å². The molecular weight excluding hydrogens is 350 g/mol. The van der Waals surface area contributed by atoms with Gasteiger partial charge in [-0.3, -0.25) is 4.79 Å². The molecule has 26 heavy (non-hydrogen) atoms. The standard InChI is InChI=1S/C19H21N3O3S/c1-14(17(23)21-19(13-20)8-3-2-4-9-19)25-18(24)16-15(7-12-26-16)22-10-5-6-11-22/h5-7,10-12,14H,2-4,8-9H2,1H3,(H,21,23). The number of thiophene rings is 1. The van der Waals surface area contributed by atoms with Gasteiger partial charge < -0.3 is 14.6 Å². The number of nitriles is 1. The van der Waals surface area contributed by atoms with E-state index in [0.29, 0.717) is 17.7 Å². The summed E-state index contributed by atoms with van der Waals surface area (Å²) in [6.45, 7) is 1.53. The highest BCUT2D eigenvalue weighted by Gasteiger charge is 2.35. The molecule has 1 aliphatic carbocycles. The zero-order chi connectivity index (χ0) is 18.6. The lowest BCUT2D eigenvalue weighted by molar-refractivity contribution is -0.130. The van der Waals surface area contributed by atoms with Crippen molar-refractivity contribution in [2.24, 2.45) is 0 Å². The van der Waals surface area contributed by atoms with Gasteiger partial charge in [-0.1, -0.05) is 19.3 Å². The molecule has 0 aromatic carbocycles. The van der Waals surface area contributed by atoms with Gasteiger partial charge in [0.1, 0.15) is 10.4 Å². The van der Waals surface area contributed by atoms with Crippen LogP contribution in [0.15, 0.2) is 36.0 Å². The van der Waals surface area contributed by atoms with E-state index in [0.717, 1.165) is 24.9 Å². The van der Waals surface area contributed by atoms with E-state index in [-0.39, 0.29) is 0 Å². The van der Waals surface area contributed by atoms with Crippen LogP contribution in [0, 0.1) is 11.3 Å². The first-order valence-corrected chi connectivity index (χ1v) is 9.58. The number of hydrogen-bond acceptors (Lipinski definition) is 5. The highest BCUT2D eigenvalue weighted by atomic mass is 32.1. The topological polar surface area (TPSA) is 84.1 Å². The Bertz CT molecular complexity index is 813. The zero-order valence-corrected chi connectivity index (χ0v) is 15.4. The summed E-state index contributed by atoms with van der Waals surface area (Å²) < 4.78 is 7.19. The predicted molar refractivity (Wildman–Crippen MR) is 98.1 cm³/mol. The molecule has 2 aromatic heterocycles. The number of esters is 1. The van der Waals surface area contributed by atoms with Gasteiger partial charge in [0, 0.05) is 12.4 Å². The lowest BCUT2D eigenvalue weighted by Gasteiger charge is -2.32. The van der Waals surface area contributed by atoms with E-state index in [9.17, 15) is 14.9 Å². The van der Waals surface area contributed by atoms with E-state index in [1.165, 1.54) is 18.3 Å². The van der Waals surface area contributed by atoms with E-state index in [4.69, 9.17) is 4.74 Å². The Kier molecular flexibility index (Phi) is 5.43. The average Bonchev–Trinajstić information content (AvgIpc) is 3.33. The Morgan fingerprint density at radius 3 is 2.65 bits per heavy atom. The second-order valence-corrected chi connectivity index (χ2v) is 7.43. The fourth-order valence-corrected chi connectivity index (χ4v) is 3.95. The first-order chi connectivity index (χ1) is 12.5. The maximum atomic E-state index is 12.5. The minimum atomic E-state index is -0.964. The van der Waals surface area contributed by atoms with Crippen LogP contribution in [0.25, 0.3) is 5.69 Å². The molecule has 6 nitrogen and oxygen atoms in total. The van der Waals surface area contributed by atoms with Gasteiger partial charge in [0.2, 0.25) is 0 Å². The molecule has 0 radical (unpaired) electrons. The second-order valence-electron chi connectivity index (χ2n) is 6.52. The van der Waals surface area contributed by atoms with E-state index in [1.807, 2.05) is 40.5 Å². The smallest absolute Gasteiger partial charge is 0.351 e. The lowest BCUT2D eigenvalue weighted by atomic mass is 9.83. The van der Waals surface area contributed by atoms with Gasteiger partial charge in [0.15, 0.2) is 6.10 Å². The molecule has 0 spiro atoms. The van der Waals surface area contributed by atoms with E-state index >= 15 is 0 Å². The minimum absolute atomic E-state index is 0.430. The molecule has 1 saturated carbocycles. The molecule has 7 heteroatoms. The van der Waals surface area contributed by atoms with Gasteiger partial charge in [-0.2, -0.15) is 5.26 Å². The van der Waals surface area contributed by atoms with Crippen LogP contribution in [0.4, 0.5) is 0 Å². The third-order valence-corrected chi connectivity index (χ3v) is 5.53. The quantitative estimate of drug-likeness (QED) is 0.816. The molecule has 0 aliphatic heterocycles. The summed E-state index contributed by atoms with van der Waals surface area (Å²) in [6, 6.07) is 7.81. The van der Waals surface area contributed by atoms with Crippen molar-refractivity contribution in [3.63, 3.8) is 0 Å². The van der Waals surface area contributed by atoms with Crippen molar-refractivity contribution in [1.82, 2.24) is 9.88 Å². The Balaban J connectivity index is 1.65. The summed E-state index contributed by atoms with van der Waals surface area (Å²) in [7, 11) is 0. The van der Waals surface area contributed by atoms with Crippen LogP contribution in [0.5, 0.6) is 0 Å². The van der Waals surface area contributed by atoms with Crippen molar-refractivity contribution < 1.29 is 14.3 Å². The van der Waals surface area contributed by atoms with Gasteiger partial charge in [0.25, 0.3) is 5.91 Å². The van der Waals surface area contributed by atoms with Gasteiger partial charge >= 0.3 is 5.97 Å². The lowest BCUT2D eigenvalue weighted by Crippen LogP contribution is -2.52. The largest absolute Gasteiger partial charge is 0.448 e. The third kappa shape index (κ3) is 3.81. The maximum absolute atomic E-state index is 12.5. The zero-order valence-electron chi connectivity index (χ0n) is 14.6. The molecule has 2 aromatic rings. The minimum Gasteiger partial charge on any atom is -0.448 e. The summed E-state index contributed by atoms with van der Waals surface area (Å²) in [5.41, 5.74) is -0.117. The Hall–Kier alpha value is -2.59. The van der Waals surface area contributed by atoms with Crippen molar-refractivity contribution in [1.29, 1.82) is 5.26 Å². The molecule has 3 rings (SSSR count). The number of aromatic nitrogens is 1. The van der Waals surface area contributed by atoms with Crippen LogP contribution in [0.3, 0.4) is 0 Å². The van der Waals surface area contributed by atoms with Crippen LogP contribution in [-0.2, 0) is 9.53 Å². The predicted octanol–water partition coefficient (Wildman–Crippen LogP) is 3.43. The molecule has 1 unspecified atom stereocenters. The average molecular weight is 371 g/mol. The number of nitrogens with zero attached hydrogens (tertiary/aromatic N) is 2. The van der Waals surface area contributed by atoms with E-state index < -0.39 is 23.5 Å². The van der Waals surface area contributed by atoms with Crippen LogP contribution in [0.1, 0.15) is 48.7 Å². The summed E-state index contributed by atoms with van der Waals surface area (Å²) in [6.07, 6.45) is 6.90. The number of carbonyl (C=O) groups is 2. The summed E-state index contributed by atoms with van der Waals surface area (Å²) in [5, 5.41) is 14.1. The molecule has 0 saturated heterocycles. The Morgan fingerprint density at radius 1 is 1.31 bits per heavy atom. The van der Waals surface area contributed by atoms with Crippen LogP contribution in [0.2, 0.25) is 0 Å².